The van der Waals surface area contributed by atoms with E-state index in [1.54, 1.807) is 29.7 Å². The van der Waals surface area contributed by atoms with Crippen LogP contribution in [-0.2, 0) is 47.4 Å². The van der Waals surface area contributed by atoms with Crippen LogP contribution in [0.25, 0.3) is 33.4 Å². The average molecular weight is 546 g/mol. The number of carboxylic acid groups (broad SMARTS) is 1. The SMILES string of the molecule is CC[C@@]1(OC(=O)CNC(=O)CCC(=O)O)C(=O)OCc2c1cc1n(c2=O)Cc2cc3c(ccc4ocnc43)nc2-1. The summed E-state index contributed by atoms with van der Waals surface area (Å²) in [6.07, 6.45) is 0.596. The fourth-order valence-electron chi connectivity index (χ4n) is 5.25. The minimum Gasteiger partial charge on any atom is -0.481 e. The molecule has 0 saturated heterocycles. The quantitative estimate of drug-likeness (QED) is 0.284. The predicted octanol–water partition coefficient (Wildman–Crippen LogP) is 1.75. The Labute approximate surface area is 224 Å². The van der Waals surface area contributed by atoms with Crippen LogP contribution >= 0.6 is 0 Å². The summed E-state index contributed by atoms with van der Waals surface area (Å²) >= 11 is 0. The summed E-state index contributed by atoms with van der Waals surface area (Å²) in [7, 11) is 0. The molecule has 6 rings (SSSR count). The fourth-order valence-corrected chi connectivity index (χ4v) is 5.25. The summed E-state index contributed by atoms with van der Waals surface area (Å²) in [6.45, 7) is 0.968. The highest BCUT2D eigenvalue weighted by Gasteiger charge is 2.50. The Kier molecular flexibility index (Phi) is 5.86. The lowest BCUT2D eigenvalue weighted by Crippen LogP contribution is -2.48. The number of hydrogen-bond donors (Lipinski definition) is 2. The molecule has 0 saturated carbocycles. The Morgan fingerprint density at radius 2 is 2.02 bits per heavy atom. The second kappa shape index (κ2) is 9.29. The van der Waals surface area contributed by atoms with Crippen molar-refractivity contribution in [2.24, 2.45) is 0 Å². The second-order valence-corrected chi connectivity index (χ2v) is 9.54. The first-order chi connectivity index (χ1) is 19.2. The number of benzene rings is 1. The van der Waals surface area contributed by atoms with Gasteiger partial charge in [-0.25, -0.2) is 14.8 Å². The molecule has 1 amide bonds. The third-order valence-electron chi connectivity index (χ3n) is 7.24. The van der Waals surface area contributed by atoms with Gasteiger partial charge in [-0.2, -0.15) is 0 Å². The van der Waals surface area contributed by atoms with Crippen LogP contribution in [-0.4, -0.2) is 50.0 Å². The third-order valence-corrected chi connectivity index (χ3v) is 7.24. The van der Waals surface area contributed by atoms with Gasteiger partial charge in [-0.05, 0) is 30.7 Å². The Balaban J connectivity index is 1.38. The molecule has 2 aliphatic rings. The number of amides is 1. The number of nitrogens with zero attached hydrogens (tertiary/aromatic N) is 3. The smallest absolute Gasteiger partial charge is 0.355 e. The van der Waals surface area contributed by atoms with Gasteiger partial charge in [-0.1, -0.05) is 6.92 Å². The van der Waals surface area contributed by atoms with E-state index in [0.717, 1.165) is 10.9 Å². The summed E-state index contributed by atoms with van der Waals surface area (Å²) in [5.74, 6) is -3.60. The lowest BCUT2D eigenvalue weighted by molar-refractivity contribution is -0.189. The van der Waals surface area contributed by atoms with Crippen molar-refractivity contribution in [1.82, 2.24) is 19.9 Å². The summed E-state index contributed by atoms with van der Waals surface area (Å²) < 4.78 is 17.9. The Morgan fingerprint density at radius 3 is 2.80 bits per heavy atom. The van der Waals surface area contributed by atoms with Gasteiger partial charge >= 0.3 is 17.9 Å². The summed E-state index contributed by atoms with van der Waals surface area (Å²) in [6, 6.07) is 7.11. The lowest BCUT2D eigenvalue weighted by Gasteiger charge is -2.35. The number of carbonyl (C=O) groups excluding carboxylic acids is 3. The van der Waals surface area contributed by atoms with Gasteiger partial charge in [-0.15, -0.1) is 0 Å². The Bertz CT molecular complexity index is 1820. The van der Waals surface area contributed by atoms with Crippen LogP contribution in [0.4, 0.5) is 0 Å². The van der Waals surface area contributed by atoms with Crippen molar-refractivity contribution in [2.45, 2.75) is 44.9 Å². The van der Waals surface area contributed by atoms with E-state index in [1.807, 2.05) is 6.07 Å². The van der Waals surface area contributed by atoms with Crippen LogP contribution < -0.4 is 10.9 Å². The zero-order valence-electron chi connectivity index (χ0n) is 21.2. The predicted molar refractivity (Wildman–Crippen MR) is 136 cm³/mol. The number of pyridine rings is 2. The normalized spacial score (nSPS) is 17.2. The van der Waals surface area contributed by atoms with Gasteiger partial charge in [0.2, 0.25) is 11.5 Å². The molecular formula is C27H22N4O9. The monoisotopic (exact) mass is 546 g/mol. The summed E-state index contributed by atoms with van der Waals surface area (Å²) in [5, 5.41) is 11.8. The van der Waals surface area contributed by atoms with Gasteiger partial charge in [-0.3, -0.25) is 19.2 Å². The molecule has 3 aromatic heterocycles. The maximum Gasteiger partial charge on any atom is 0.355 e. The number of carboxylic acids is 1. The van der Waals surface area contributed by atoms with Crippen molar-refractivity contribution in [3.63, 3.8) is 0 Å². The van der Waals surface area contributed by atoms with E-state index in [2.05, 4.69) is 10.3 Å². The van der Waals surface area contributed by atoms with Gasteiger partial charge in [0.15, 0.2) is 12.0 Å². The first-order valence-electron chi connectivity index (χ1n) is 12.5. The molecule has 0 fully saturated rings. The van der Waals surface area contributed by atoms with Crippen LogP contribution in [0.5, 0.6) is 0 Å². The molecule has 2 aliphatic heterocycles. The van der Waals surface area contributed by atoms with Crippen molar-refractivity contribution in [1.29, 1.82) is 0 Å². The Hall–Kier alpha value is -5.07. The molecule has 5 heterocycles. The maximum absolute atomic E-state index is 13.6. The molecule has 204 valence electrons. The first-order valence-corrected chi connectivity index (χ1v) is 12.5. The van der Waals surface area contributed by atoms with E-state index < -0.39 is 47.9 Å². The van der Waals surface area contributed by atoms with Crippen molar-refractivity contribution in [3.05, 3.63) is 57.7 Å². The van der Waals surface area contributed by atoms with Crippen molar-refractivity contribution < 1.29 is 38.2 Å². The average Bonchev–Trinajstić information content (AvgIpc) is 3.56. The molecule has 1 aromatic carbocycles. The molecule has 0 unspecified atom stereocenters. The van der Waals surface area contributed by atoms with Gasteiger partial charge in [0.05, 0.1) is 35.4 Å². The maximum atomic E-state index is 13.6. The van der Waals surface area contributed by atoms with Crippen LogP contribution in [0.2, 0.25) is 0 Å². The van der Waals surface area contributed by atoms with Crippen LogP contribution in [0.1, 0.15) is 42.9 Å². The minimum absolute atomic E-state index is 0.0391. The summed E-state index contributed by atoms with van der Waals surface area (Å²) in [5.41, 5.74) is 1.77. The number of rotatable bonds is 7. The molecular weight excluding hydrogens is 524 g/mol. The number of cyclic esters (lactones) is 1. The number of ether oxygens (including phenoxy) is 2. The zero-order chi connectivity index (χ0) is 28.2. The highest BCUT2D eigenvalue weighted by atomic mass is 16.6. The molecule has 40 heavy (non-hydrogen) atoms. The number of nitrogens with one attached hydrogen (secondary N) is 1. The van der Waals surface area contributed by atoms with Crippen LogP contribution in [0.15, 0.2) is 39.9 Å². The molecule has 4 aromatic rings. The lowest BCUT2D eigenvalue weighted by atomic mass is 9.85. The van der Waals surface area contributed by atoms with Crippen molar-refractivity contribution in [3.8, 4) is 11.4 Å². The first kappa shape index (κ1) is 25.2. The molecule has 1 atom stereocenters. The van der Waals surface area contributed by atoms with E-state index >= 15 is 0 Å². The standard InChI is InChI=1S/C27H22N4O9/c1-2-27(40-22(35)9-28-20(32)5-6-21(33)34)16-8-18-23-13(10-31(18)25(36)15(16)11-38-26(27)37)7-14-17(30-23)3-4-19-24(14)29-12-39-19/h3-4,7-8,12H,2,5-6,9-11H2,1H3,(H,28,32)(H,33,34)/t27-/m0/s1. The highest BCUT2D eigenvalue weighted by molar-refractivity contribution is 6.03. The van der Waals surface area contributed by atoms with Gasteiger partial charge in [0, 0.05) is 22.9 Å². The van der Waals surface area contributed by atoms with E-state index in [1.165, 1.54) is 6.39 Å². The zero-order valence-corrected chi connectivity index (χ0v) is 21.2. The van der Waals surface area contributed by atoms with Gasteiger partial charge in [0.1, 0.15) is 18.7 Å². The number of hydrogen-bond acceptors (Lipinski definition) is 10. The number of esters is 2. The fraction of sp³-hybridized carbons (Fsp3) is 0.296. The molecule has 0 aliphatic carbocycles. The number of fused-ring (bicyclic) bond motifs is 7. The van der Waals surface area contributed by atoms with E-state index in [0.29, 0.717) is 28.0 Å². The van der Waals surface area contributed by atoms with Crippen molar-refractivity contribution >= 4 is 45.8 Å². The van der Waals surface area contributed by atoms with E-state index in [4.69, 9.17) is 24.0 Å². The van der Waals surface area contributed by atoms with Crippen molar-refractivity contribution in [2.75, 3.05) is 6.54 Å². The molecule has 13 nitrogen and oxygen atoms in total. The number of aliphatic carboxylic acids is 1. The largest absolute Gasteiger partial charge is 0.481 e. The molecule has 0 spiro atoms. The third kappa shape index (κ3) is 3.89. The molecule has 13 heteroatoms. The molecule has 0 radical (unpaired) electrons. The van der Waals surface area contributed by atoms with Crippen LogP contribution in [0.3, 0.4) is 0 Å². The van der Waals surface area contributed by atoms with E-state index in [9.17, 15) is 24.0 Å². The molecule has 2 N–H and O–H groups in total. The van der Waals surface area contributed by atoms with Gasteiger partial charge in [0.25, 0.3) is 5.56 Å². The van der Waals surface area contributed by atoms with Gasteiger partial charge < -0.3 is 28.9 Å². The number of carbonyl (C=O) groups is 4. The Morgan fingerprint density at radius 1 is 1.20 bits per heavy atom. The topological polar surface area (TPSA) is 180 Å². The van der Waals surface area contributed by atoms with Crippen LogP contribution in [0, 0.1) is 0 Å². The number of oxazole rings is 1. The summed E-state index contributed by atoms with van der Waals surface area (Å²) in [4.78, 5) is 71.1. The second-order valence-electron chi connectivity index (χ2n) is 9.54. The van der Waals surface area contributed by atoms with E-state index in [-0.39, 0.29) is 37.1 Å². The minimum atomic E-state index is -1.92. The highest BCUT2D eigenvalue weighted by Crippen LogP contribution is 2.41. The molecule has 0 bridgehead atoms. The number of aromatic nitrogens is 3.